The number of hydrogen-bond acceptors (Lipinski definition) is 6. The highest BCUT2D eigenvalue weighted by Gasteiger charge is 2.27. The summed E-state index contributed by atoms with van der Waals surface area (Å²) in [5, 5.41) is 4.33. The van der Waals surface area contributed by atoms with Crippen LogP contribution in [-0.2, 0) is 29.0 Å². The fraction of sp³-hybridized carbons (Fsp3) is 0.139. The number of halogens is 1. The van der Waals surface area contributed by atoms with E-state index in [1.807, 2.05) is 91.9 Å². The van der Waals surface area contributed by atoms with E-state index in [1.165, 1.54) is 6.07 Å². The molecule has 0 saturated carbocycles. The topological polar surface area (TPSA) is 111 Å². The molecule has 0 radical (unpaired) electrons. The molecule has 0 bridgehead atoms. The van der Waals surface area contributed by atoms with E-state index >= 15 is 0 Å². The first-order valence-electron chi connectivity index (χ1n) is 14.4. The average Bonchev–Trinajstić information content (AvgIpc) is 3.46. The summed E-state index contributed by atoms with van der Waals surface area (Å²) in [6.07, 6.45) is 1.53. The molecule has 9 heteroatoms. The lowest BCUT2D eigenvalue weighted by molar-refractivity contribution is -0.136. The number of H-pyrrole nitrogens is 1. The molecule has 2 N–H and O–H groups in total. The number of fused-ring (bicyclic) bond motifs is 2. The SMILES string of the molecule is Cc1c(Cc2ccccc2)c(=O)oc2cc(OC(=O)C(Cc3c[nH]c4ccccc34)NC(=O)OCc3ccccc3)c(Cl)cc12. The van der Waals surface area contributed by atoms with Crippen LogP contribution in [0.4, 0.5) is 4.79 Å². The smallest absolute Gasteiger partial charge is 0.408 e. The van der Waals surface area contributed by atoms with Crippen LogP contribution in [0.1, 0.15) is 27.8 Å². The molecule has 0 saturated heterocycles. The predicted octanol–water partition coefficient (Wildman–Crippen LogP) is 7.27. The number of amides is 1. The molecular weight excluding hydrogens is 592 g/mol. The van der Waals surface area contributed by atoms with Crippen molar-refractivity contribution in [3.05, 3.63) is 147 Å². The summed E-state index contributed by atoms with van der Waals surface area (Å²) in [5.41, 5.74) is 4.45. The molecule has 1 unspecified atom stereocenters. The van der Waals surface area contributed by atoms with Gasteiger partial charge in [-0.25, -0.2) is 14.4 Å². The van der Waals surface area contributed by atoms with E-state index in [1.54, 1.807) is 12.3 Å². The van der Waals surface area contributed by atoms with E-state index in [9.17, 15) is 14.4 Å². The van der Waals surface area contributed by atoms with Gasteiger partial charge in [-0.2, -0.15) is 0 Å². The molecule has 0 aliphatic rings. The second-order valence-corrected chi connectivity index (χ2v) is 11.1. The minimum atomic E-state index is -1.12. The molecule has 0 aliphatic carbocycles. The van der Waals surface area contributed by atoms with Crippen LogP contribution in [0.3, 0.4) is 0 Å². The lowest BCUT2D eigenvalue weighted by Crippen LogP contribution is -2.44. The summed E-state index contributed by atoms with van der Waals surface area (Å²) >= 11 is 6.61. The Bertz CT molecular complexity index is 2050. The number of para-hydroxylation sites is 1. The molecule has 1 atom stereocenters. The number of ether oxygens (including phenoxy) is 2. The Morgan fingerprint density at radius 1 is 0.911 bits per heavy atom. The van der Waals surface area contributed by atoms with Crippen molar-refractivity contribution < 1.29 is 23.5 Å². The maximum atomic E-state index is 13.6. The van der Waals surface area contributed by atoms with Crippen LogP contribution in [-0.4, -0.2) is 23.1 Å². The Balaban J connectivity index is 1.26. The largest absolute Gasteiger partial charge is 0.445 e. The number of hydrogen-bond donors (Lipinski definition) is 2. The Morgan fingerprint density at radius 3 is 2.36 bits per heavy atom. The van der Waals surface area contributed by atoms with Crippen LogP contribution in [0.2, 0.25) is 5.02 Å². The number of carbonyl (C=O) groups excluding carboxylic acids is 2. The summed E-state index contributed by atoms with van der Waals surface area (Å²) < 4.78 is 16.8. The zero-order chi connectivity index (χ0) is 31.3. The molecule has 0 fully saturated rings. The molecule has 1 amide bonds. The van der Waals surface area contributed by atoms with Gasteiger partial charge >= 0.3 is 17.7 Å². The summed E-state index contributed by atoms with van der Waals surface area (Å²) in [7, 11) is 0. The highest BCUT2D eigenvalue weighted by molar-refractivity contribution is 6.33. The molecule has 8 nitrogen and oxygen atoms in total. The van der Waals surface area contributed by atoms with Crippen LogP contribution in [0, 0.1) is 6.92 Å². The van der Waals surface area contributed by atoms with Gasteiger partial charge in [-0.3, -0.25) is 0 Å². The van der Waals surface area contributed by atoms with Crippen molar-refractivity contribution >= 4 is 45.5 Å². The molecule has 0 aliphatic heterocycles. The number of carbonyl (C=O) groups is 2. The fourth-order valence-corrected chi connectivity index (χ4v) is 5.47. The first kappa shape index (κ1) is 29.7. The third-order valence-electron chi connectivity index (χ3n) is 7.66. The average molecular weight is 621 g/mol. The van der Waals surface area contributed by atoms with Crippen molar-refractivity contribution in [2.24, 2.45) is 0 Å². The van der Waals surface area contributed by atoms with Gasteiger partial charge in [0, 0.05) is 47.0 Å². The third-order valence-corrected chi connectivity index (χ3v) is 7.96. The number of aromatic nitrogens is 1. The number of esters is 1. The number of aryl methyl sites for hydroxylation is 1. The second-order valence-electron chi connectivity index (χ2n) is 10.7. The van der Waals surface area contributed by atoms with Gasteiger partial charge in [0.05, 0.1) is 5.02 Å². The molecule has 2 heterocycles. The standard InChI is InChI=1S/C36H29ClN2O6/c1-22-27-18-29(37)33(19-32(27)44-34(40)28(22)16-23-10-4-2-5-11-23)45-35(41)31(17-25-20-38-30-15-9-8-14-26(25)30)39-36(42)43-21-24-12-6-3-7-13-24/h2-15,18-20,31,38H,16-17,21H2,1H3,(H,39,42). The number of aromatic amines is 1. The second kappa shape index (κ2) is 13.1. The van der Waals surface area contributed by atoms with Crippen molar-refractivity contribution in [1.82, 2.24) is 10.3 Å². The van der Waals surface area contributed by atoms with Crippen LogP contribution in [0.15, 0.2) is 112 Å². The van der Waals surface area contributed by atoms with Crippen molar-refractivity contribution in [2.45, 2.75) is 32.4 Å². The number of nitrogens with one attached hydrogen (secondary N) is 2. The number of benzene rings is 4. The molecule has 6 rings (SSSR count). The Kier molecular flexibility index (Phi) is 8.66. The van der Waals surface area contributed by atoms with Crippen LogP contribution in [0.25, 0.3) is 21.9 Å². The highest BCUT2D eigenvalue weighted by atomic mass is 35.5. The van der Waals surface area contributed by atoms with E-state index in [-0.39, 0.29) is 29.4 Å². The summed E-state index contributed by atoms with van der Waals surface area (Å²) in [6.45, 7) is 1.87. The monoisotopic (exact) mass is 620 g/mol. The number of alkyl carbamates (subject to hydrolysis) is 1. The van der Waals surface area contributed by atoms with Gasteiger partial charge in [0.25, 0.3) is 0 Å². The Hall–Kier alpha value is -5.34. The van der Waals surface area contributed by atoms with Crippen molar-refractivity contribution in [2.75, 3.05) is 0 Å². The minimum Gasteiger partial charge on any atom is -0.445 e. The van der Waals surface area contributed by atoms with Gasteiger partial charge in [0.1, 0.15) is 18.2 Å². The van der Waals surface area contributed by atoms with E-state index in [2.05, 4.69) is 10.3 Å². The van der Waals surface area contributed by atoms with Crippen molar-refractivity contribution in [3.63, 3.8) is 0 Å². The van der Waals surface area contributed by atoms with Gasteiger partial charge in [-0.15, -0.1) is 0 Å². The van der Waals surface area contributed by atoms with Gasteiger partial charge in [-0.1, -0.05) is 90.5 Å². The fourth-order valence-electron chi connectivity index (χ4n) is 5.27. The molecular formula is C36H29ClN2O6. The van der Waals surface area contributed by atoms with E-state index in [4.69, 9.17) is 25.5 Å². The van der Waals surface area contributed by atoms with Crippen LogP contribution in [0.5, 0.6) is 5.75 Å². The maximum Gasteiger partial charge on any atom is 0.408 e. The van der Waals surface area contributed by atoms with Crippen molar-refractivity contribution in [1.29, 1.82) is 0 Å². The van der Waals surface area contributed by atoms with Gasteiger partial charge < -0.3 is 24.2 Å². The lowest BCUT2D eigenvalue weighted by atomic mass is 9.99. The molecule has 45 heavy (non-hydrogen) atoms. The quantitative estimate of drug-likeness (QED) is 0.0999. The number of rotatable bonds is 9. The normalized spacial score (nSPS) is 11.8. The van der Waals surface area contributed by atoms with Gasteiger partial charge in [0.2, 0.25) is 0 Å². The van der Waals surface area contributed by atoms with E-state index in [0.29, 0.717) is 17.4 Å². The molecule has 4 aromatic carbocycles. The zero-order valence-corrected chi connectivity index (χ0v) is 25.1. The molecule has 2 aromatic heterocycles. The molecule has 226 valence electrons. The highest BCUT2D eigenvalue weighted by Crippen LogP contribution is 2.33. The minimum absolute atomic E-state index is 0.00379. The summed E-state index contributed by atoms with van der Waals surface area (Å²) in [6, 6.07) is 28.4. The third kappa shape index (κ3) is 6.76. The van der Waals surface area contributed by atoms with Crippen LogP contribution >= 0.6 is 11.6 Å². The first-order valence-corrected chi connectivity index (χ1v) is 14.8. The van der Waals surface area contributed by atoms with Crippen LogP contribution < -0.4 is 15.7 Å². The molecule has 0 spiro atoms. The van der Waals surface area contributed by atoms with E-state index in [0.717, 1.165) is 33.2 Å². The summed E-state index contributed by atoms with van der Waals surface area (Å²) in [4.78, 5) is 42.6. The Morgan fingerprint density at radius 2 is 1.60 bits per heavy atom. The Labute approximate surface area is 263 Å². The van der Waals surface area contributed by atoms with E-state index < -0.39 is 23.7 Å². The predicted molar refractivity (Wildman–Crippen MR) is 173 cm³/mol. The summed E-state index contributed by atoms with van der Waals surface area (Å²) in [5.74, 6) is -0.770. The lowest BCUT2D eigenvalue weighted by Gasteiger charge is -2.18. The van der Waals surface area contributed by atoms with Gasteiger partial charge in [-0.05, 0) is 41.3 Å². The first-order chi connectivity index (χ1) is 21.9. The van der Waals surface area contributed by atoms with Crippen molar-refractivity contribution in [3.8, 4) is 5.75 Å². The van der Waals surface area contributed by atoms with Gasteiger partial charge in [0.15, 0.2) is 5.75 Å². The maximum absolute atomic E-state index is 13.6. The zero-order valence-electron chi connectivity index (χ0n) is 24.3. The molecule has 6 aromatic rings.